The number of allylic oxidation sites excluding steroid dienone is 2. The highest BCUT2D eigenvalue weighted by Crippen LogP contribution is 2.12. The summed E-state index contributed by atoms with van der Waals surface area (Å²) in [5, 5.41) is 0. The Balaban J connectivity index is 2.05. The molecular weight excluding hydrogens is 232 g/mol. The van der Waals surface area contributed by atoms with E-state index >= 15 is 0 Å². The van der Waals surface area contributed by atoms with Gasteiger partial charge in [0.2, 0.25) is 0 Å². The van der Waals surface area contributed by atoms with Crippen LogP contribution in [0, 0.1) is 0 Å². The fourth-order valence-corrected chi connectivity index (χ4v) is 1.87. The summed E-state index contributed by atoms with van der Waals surface area (Å²) in [5.41, 5.74) is 3.61. The lowest BCUT2D eigenvalue weighted by molar-refractivity contribution is 0.184. The zero-order valence-corrected chi connectivity index (χ0v) is 11.1. The standard InChI is InChI=1S/C18H18O/c1-19-15-18-14-8-7-13-17(18)12-6-5-11-16-9-3-2-4-10-16/h2-14H,15H2,1H3/b11-5+,12-6+. The predicted molar refractivity (Wildman–Crippen MR) is 81.7 cm³/mol. The molecule has 0 aromatic heterocycles. The van der Waals surface area contributed by atoms with Crippen LogP contribution in [0.1, 0.15) is 16.7 Å². The van der Waals surface area contributed by atoms with E-state index in [1.54, 1.807) is 7.11 Å². The molecule has 2 rings (SSSR count). The van der Waals surface area contributed by atoms with E-state index in [9.17, 15) is 0 Å². The lowest BCUT2D eigenvalue weighted by Gasteiger charge is -2.03. The van der Waals surface area contributed by atoms with Crippen LogP contribution >= 0.6 is 0 Å². The second kappa shape index (κ2) is 7.34. The van der Waals surface area contributed by atoms with Crippen molar-refractivity contribution in [3.63, 3.8) is 0 Å². The van der Waals surface area contributed by atoms with Crippen LogP contribution in [-0.2, 0) is 11.3 Å². The Morgan fingerprint density at radius 1 is 0.842 bits per heavy atom. The highest BCUT2D eigenvalue weighted by Gasteiger charge is 1.96. The normalized spacial score (nSPS) is 11.4. The van der Waals surface area contributed by atoms with Crippen molar-refractivity contribution in [1.82, 2.24) is 0 Å². The average molecular weight is 250 g/mol. The van der Waals surface area contributed by atoms with Crippen molar-refractivity contribution in [2.45, 2.75) is 6.61 Å². The molecule has 1 heteroatoms. The van der Waals surface area contributed by atoms with Gasteiger partial charge in [0.05, 0.1) is 6.61 Å². The van der Waals surface area contributed by atoms with Crippen LogP contribution in [-0.4, -0.2) is 7.11 Å². The van der Waals surface area contributed by atoms with E-state index in [4.69, 9.17) is 4.74 Å². The molecule has 0 spiro atoms. The summed E-state index contributed by atoms with van der Waals surface area (Å²) in [6.07, 6.45) is 8.31. The Kier molecular flexibility index (Phi) is 5.15. The number of rotatable bonds is 5. The number of ether oxygens (including phenoxy) is 1. The van der Waals surface area contributed by atoms with Crippen LogP contribution in [0.4, 0.5) is 0 Å². The Morgan fingerprint density at radius 3 is 2.32 bits per heavy atom. The van der Waals surface area contributed by atoms with Gasteiger partial charge in [0, 0.05) is 7.11 Å². The zero-order chi connectivity index (χ0) is 13.3. The predicted octanol–water partition coefficient (Wildman–Crippen LogP) is 4.56. The van der Waals surface area contributed by atoms with E-state index < -0.39 is 0 Å². The first-order valence-electron chi connectivity index (χ1n) is 6.37. The Morgan fingerprint density at radius 2 is 1.53 bits per heavy atom. The molecule has 2 aromatic carbocycles. The van der Waals surface area contributed by atoms with Crippen molar-refractivity contribution in [3.05, 3.63) is 83.4 Å². The maximum atomic E-state index is 5.19. The number of hydrogen-bond donors (Lipinski definition) is 0. The summed E-state index contributed by atoms with van der Waals surface area (Å²) in [5.74, 6) is 0. The lowest BCUT2D eigenvalue weighted by atomic mass is 10.1. The third kappa shape index (κ3) is 4.23. The van der Waals surface area contributed by atoms with Crippen LogP contribution in [0.3, 0.4) is 0 Å². The summed E-state index contributed by atoms with van der Waals surface area (Å²) >= 11 is 0. The number of hydrogen-bond acceptors (Lipinski definition) is 1. The van der Waals surface area contributed by atoms with E-state index in [2.05, 4.69) is 48.6 Å². The average Bonchev–Trinajstić information content (AvgIpc) is 2.47. The molecule has 19 heavy (non-hydrogen) atoms. The minimum atomic E-state index is 0.642. The third-order valence-corrected chi connectivity index (χ3v) is 2.83. The maximum Gasteiger partial charge on any atom is 0.0718 e. The fourth-order valence-electron chi connectivity index (χ4n) is 1.87. The van der Waals surface area contributed by atoms with Crippen LogP contribution in [0.2, 0.25) is 0 Å². The first kappa shape index (κ1) is 13.3. The summed E-state index contributed by atoms with van der Waals surface area (Å²) in [6.45, 7) is 0.642. The summed E-state index contributed by atoms with van der Waals surface area (Å²) < 4.78 is 5.19. The Hall–Kier alpha value is -2.12. The molecule has 0 radical (unpaired) electrons. The molecule has 0 aliphatic carbocycles. The number of benzene rings is 2. The largest absolute Gasteiger partial charge is 0.380 e. The minimum absolute atomic E-state index is 0.642. The quantitative estimate of drug-likeness (QED) is 0.707. The van der Waals surface area contributed by atoms with Gasteiger partial charge in [-0.1, -0.05) is 78.9 Å². The summed E-state index contributed by atoms with van der Waals surface area (Å²) in [6, 6.07) is 18.5. The molecule has 0 amide bonds. The summed E-state index contributed by atoms with van der Waals surface area (Å²) in [7, 11) is 1.72. The van der Waals surface area contributed by atoms with Gasteiger partial charge in [-0.15, -0.1) is 0 Å². The van der Waals surface area contributed by atoms with Gasteiger partial charge in [-0.05, 0) is 16.7 Å². The molecule has 2 aromatic rings. The second-order valence-corrected chi connectivity index (χ2v) is 4.26. The molecule has 1 nitrogen and oxygen atoms in total. The fraction of sp³-hybridized carbons (Fsp3) is 0.111. The van der Waals surface area contributed by atoms with Crippen molar-refractivity contribution < 1.29 is 4.74 Å². The van der Waals surface area contributed by atoms with Crippen molar-refractivity contribution in [2.24, 2.45) is 0 Å². The van der Waals surface area contributed by atoms with Gasteiger partial charge in [-0.2, -0.15) is 0 Å². The zero-order valence-electron chi connectivity index (χ0n) is 11.1. The van der Waals surface area contributed by atoms with Gasteiger partial charge in [0.1, 0.15) is 0 Å². The third-order valence-electron chi connectivity index (χ3n) is 2.83. The van der Waals surface area contributed by atoms with E-state index in [1.807, 2.05) is 30.3 Å². The van der Waals surface area contributed by atoms with Crippen molar-refractivity contribution in [2.75, 3.05) is 7.11 Å². The van der Waals surface area contributed by atoms with Gasteiger partial charge < -0.3 is 4.74 Å². The molecule has 0 heterocycles. The number of methoxy groups -OCH3 is 1. The molecule has 0 saturated heterocycles. The van der Waals surface area contributed by atoms with Crippen molar-refractivity contribution in [3.8, 4) is 0 Å². The minimum Gasteiger partial charge on any atom is -0.380 e. The highest BCUT2D eigenvalue weighted by molar-refractivity contribution is 5.59. The second-order valence-electron chi connectivity index (χ2n) is 4.26. The monoisotopic (exact) mass is 250 g/mol. The first-order chi connectivity index (χ1) is 9.40. The maximum absolute atomic E-state index is 5.19. The summed E-state index contributed by atoms with van der Waals surface area (Å²) in [4.78, 5) is 0. The molecule has 0 unspecified atom stereocenters. The van der Waals surface area contributed by atoms with Crippen LogP contribution in [0.15, 0.2) is 66.7 Å². The van der Waals surface area contributed by atoms with Crippen LogP contribution < -0.4 is 0 Å². The molecule has 0 aliphatic rings. The Labute approximate surface area is 114 Å². The van der Waals surface area contributed by atoms with Crippen molar-refractivity contribution in [1.29, 1.82) is 0 Å². The first-order valence-corrected chi connectivity index (χ1v) is 6.37. The van der Waals surface area contributed by atoms with Crippen molar-refractivity contribution >= 4 is 12.2 Å². The highest BCUT2D eigenvalue weighted by atomic mass is 16.5. The van der Waals surface area contributed by atoms with E-state index in [1.165, 1.54) is 16.7 Å². The molecule has 0 atom stereocenters. The molecule has 0 bridgehead atoms. The molecule has 0 saturated carbocycles. The van der Waals surface area contributed by atoms with Gasteiger partial charge in [-0.3, -0.25) is 0 Å². The van der Waals surface area contributed by atoms with E-state index in [0.717, 1.165) is 0 Å². The van der Waals surface area contributed by atoms with Gasteiger partial charge in [-0.25, -0.2) is 0 Å². The molecule has 0 aliphatic heterocycles. The van der Waals surface area contributed by atoms with E-state index in [0.29, 0.717) is 6.61 Å². The molecular formula is C18H18O. The smallest absolute Gasteiger partial charge is 0.0718 e. The van der Waals surface area contributed by atoms with E-state index in [-0.39, 0.29) is 0 Å². The van der Waals surface area contributed by atoms with Crippen LogP contribution in [0.5, 0.6) is 0 Å². The van der Waals surface area contributed by atoms with Gasteiger partial charge in [0.15, 0.2) is 0 Å². The molecule has 0 N–H and O–H groups in total. The Bertz CT molecular complexity index is 553. The van der Waals surface area contributed by atoms with Gasteiger partial charge in [0.25, 0.3) is 0 Å². The SMILES string of the molecule is COCc1ccccc1/C=C/C=C/c1ccccc1. The van der Waals surface area contributed by atoms with Gasteiger partial charge >= 0.3 is 0 Å². The topological polar surface area (TPSA) is 9.23 Å². The molecule has 96 valence electrons. The lowest BCUT2D eigenvalue weighted by Crippen LogP contribution is -1.90. The van der Waals surface area contributed by atoms with Crippen LogP contribution in [0.25, 0.3) is 12.2 Å². The molecule has 0 fully saturated rings.